The first-order valence-electron chi connectivity index (χ1n) is 6.96. The fraction of sp³-hybridized carbons (Fsp3) is 0.118. The summed E-state index contributed by atoms with van der Waals surface area (Å²) in [6.45, 7) is 0. The molecule has 0 bridgehead atoms. The van der Waals surface area contributed by atoms with E-state index in [9.17, 15) is 9.90 Å². The molecule has 2 N–H and O–H groups in total. The number of hydrogen-bond donors (Lipinski definition) is 2. The molecule has 0 spiro atoms. The van der Waals surface area contributed by atoms with Crippen LogP contribution in [0.1, 0.15) is 5.56 Å². The normalized spacial score (nSPS) is 11.0. The lowest BCUT2D eigenvalue weighted by Gasteiger charge is -2.10. The summed E-state index contributed by atoms with van der Waals surface area (Å²) in [5, 5.41) is 10.9. The van der Waals surface area contributed by atoms with Crippen molar-refractivity contribution in [2.45, 2.75) is 6.42 Å². The Labute approximate surface area is 156 Å². The number of methoxy groups -OCH3 is 1. The minimum Gasteiger partial charge on any atom is -0.496 e. The van der Waals surface area contributed by atoms with Crippen LogP contribution in [0.5, 0.6) is 5.75 Å². The van der Waals surface area contributed by atoms with Crippen molar-refractivity contribution in [2.75, 3.05) is 7.11 Å². The predicted octanol–water partition coefficient (Wildman–Crippen LogP) is 5.54. The minimum absolute atomic E-state index is 0.174. The van der Waals surface area contributed by atoms with Gasteiger partial charge in [0.05, 0.1) is 24.2 Å². The van der Waals surface area contributed by atoms with E-state index in [4.69, 9.17) is 27.9 Å². The molecule has 0 unspecified atom stereocenters. The van der Waals surface area contributed by atoms with E-state index in [1.165, 1.54) is 0 Å². The zero-order valence-electron chi connectivity index (χ0n) is 12.5. The van der Waals surface area contributed by atoms with Gasteiger partial charge in [0.1, 0.15) is 5.75 Å². The first-order valence-corrected chi connectivity index (χ1v) is 8.51. The first kappa shape index (κ1) is 17.1. The Morgan fingerprint density at radius 1 is 1.29 bits per heavy atom. The third-order valence-electron chi connectivity index (χ3n) is 3.68. The zero-order valence-corrected chi connectivity index (χ0v) is 15.6. The first-order chi connectivity index (χ1) is 11.4. The Morgan fingerprint density at radius 2 is 2.04 bits per heavy atom. The quantitative estimate of drug-likeness (QED) is 0.573. The largest absolute Gasteiger partial charge is 0.496 e. The lowest BCUT2D eigenvalue weighted by atomic mass is 10.0. The van der Waals surface area contributed by atoms with E-state index >= 15 is 0 Å². The van der Waals surface area contributed by atoms with Gasteiger partial charge in [0.25, 0.3) is 0 Å². The van der Waals surface area contributed by atoms with Crippen molar-refractivity contribution in [1.29, 1.82) is 0 Å². The summed E-state index contributed by atoms with van der Waals surface area (Å²) in [6.07, 6.45) is -0.174. The number of halogens is 3. The van der Waals surface area contributed by atoms with Gasteiger partial charge >= 0.3 is 5.97 Å². The second-order valence-electron chi connectivity index (χ2n) is 5.20. The van der Waals surface area contributed by atoms with Crippen LogP contribution in [-0.4, -0.2) is 23.2 Å². The maximum atomic E-state index is 11.4. The number of carboxylic acids is 1. The van der Waals surface area contributed by atoms with Gasteiger partial charge in [-0.1, -0.05) is 39.1 Å². The number of fused-ring (bicyclic) bond motifs is 1. The van der Waals surface area contributed by atoms with Gasteiger partial charge in [-0.2, -0.15) is 0 Å². The summed E-state index contributed by atoms with van der Waals surface area (Å²) in [5.41, 5.74) is 2.66. The van der Waals surface area contributed by atoms with Gasteiger partial charge in [-0.25, -0.2) is 0 Å². The Kier molecular flexibility index (Phi) is 4.76. The fourth-order valence-corrected chi connectivity index (χ4v) is 3.72. The van der Waals surface area contributed by atoms with Crippen LogP contribution < -0.4 is 4.74 Å². The van der Waals surface area contributed by atoms with Crippen LogP contribution in [0.15, 0.2) is 34.8 Å². The van der Waals surface area contributed by atoms with Crippen LogP contribution in [-0.2, 0) is 11.2 Å². The third-order valence-corrected chi connectivity index (χ3v) is 4.69. The van der Waals surface area contributed by atoms with Crippen LogP contribution in [0, 0.1) is 0 Å². The number of aromatic amines is 1. The van der Waals surface area contributed by atoms with Gasteiger partial charge in [0, 0.05) is 26.0 Å². The van der Waals surface area contributed by atoms with Gasteiger partial charge in [-0.3, -0.25) is 4.79 Å². The van der Waals surface area contributed by atoms with Gasteiger partial charge < -0.3 is 14.8 Å². The summed E-state index contributed by atoms with van der Waals surface area (Å²) < 4.78 is 6.27. The Balaban J connectivity index is 2.37. The fourth-order valence-electron chi connectivity index (χ4n) is 2.75. The van der Waals surface area contributed by atoms with Crippen molar-refractivity contribution in [3.63, 3.8) is 0 Å². The molecule has 3 rings (SSSR count). The van der Waals surface area contributed by atoms with E-state index < -0.39 is 5.97 Å². The smallest absolute Gasteiger partial charge is 0.307 e. The Bertz CT molecular complexity index is 953. The Hall–Kier alpha value is -1.69. The number of hydrogen-bond acceptors (Lipinski definition) is 2. The molecular formula is C17H12BrCl2NO3. The molecule has 0 aliphatic rings. The highest BCUT2D eigenvalue weighted by atomic mass is 79.9. The number of aromatic nitrogens is 1. The van der Waals surface area contributed by atoms with Crippen LogP contribution in [0.25, 0.3) is 22.2 Å². The minimum atomic E-state index is -0.947. The van der Waals surface area contributed by atoms with Gasteiger partial charge in [0.2, 0.25) is 0 Å². The van der Waals surface area contributed by atoms with Crippen molar-refractivity contribution in [2.24, 2.45) is 0 Å². The highest BCUT2D eigenvalue weighted by molar-refractivity contribution is 9.10. The number of nitrogens with one attached hydrogen (secondary N) is 1. The van der Waals surface area contributed by atoms with E-state index in [0.29, 0.717) is 38.0 Å². The number of carboxylic acid groups (broad SMARTS) is 1. The molecule has 24 heavy (non-hydrogen) atoms. The average Bonchev–Trinajstić information content (AvgIpc) is 2.84. The summed E-state index contributed by atoms with van der Waals surface area (Å²) >= 11 is 15.8. The molecular weight excluding hydrogens is 417 g/mol. The number of H-pyrrole nitrogens is 1. The molecule has 0 amide bonds. The van der Waals surface area contributed by atoms with E-state index in [-0.39, 0.29) is 6.42 Å². The second-order valence-corrected chi connectivity index (χ2v) is 6.96. The van der Waals surface area contributed by atoms with Gasteiger partial charge in [-0.15, -0.1) is 0 Å². The summed E-state index contributed by atoms with van der Waals surface area (Å²) in [6, 6.07) is 8.86. The maximum Gasteiger partial charge on any atom is 0.307 e. The lowest BCUT2D eigenvalue weighted by Crippen LogP contribution is -2.01. The van der Waals surface area contributed by atoms with Gasteiger partial charge in [-0.05, 0) is 35.9 Å². The highest BCUT2D eigenvalue weighted by Crippen LogP contribution is 2.40. The van der Waals surface area contributed by atoms with E-state index in [2.05, 4.69) is 20.9 Å². The van der Waals surface area contributed by atoms with E-state index in [0.717, 1.165) is 10.0 Å². The molecule has 124 valence electrons. The van der Waals surface area contributed by atoms with Crippen LogP contribution in [0.4, 0.5) is 0 Å². The molecule has 0 saturated carbocycles. The zero-order chi connectivity index (χ0) is 17.4. The molecule has 0 atom stereocenters. The van der Waals surface area contributed by atoms with Crippen LogP contribution in [0.2, 0.25) is 10.0 Å². The standard InChI is InChI=1S/C17H12BrCl2NO3/c1-24-14-3-2-8(18)4-10(14)17-11(7-15(22)23)16-12(20)5-9(19)6-13(16)21-17/h2-6,21H,7H2,1H3,(H,22,23). The molecule has 0 saturated heterocycles. The number of benzene rings is 2. The summed E-state index contributed by atoms with van der Waals surface area (Å²) in [5.74, 6) is -0.323. The highest BCUT2D eigenvalue weighted by Gasteiger charge is 2.21. The molecule has 0 aliphatic heterocycles. The van der Waals surface area contributed by atoms with E-state index in [1.54, 1.807) is 19.2 Å². The summed E-state index contributed by atoms with van der Waals surface area (Å²) in [7, 11) is 1.57. The molecule has 0 fully saturated rings. The molecule has 1 heterocycles. The summed E-state index contributed by atoms with van der Waals surface area (Å²) in [4.78, 5) is 14.6. The monoisotopic (exact) mass is 427 g/mol. The van der Waals surface area contributed by atoms with Crippen molar-refractivity contribution in [1.82, 2.24) is 4.98 Å². The average molecular weight is 429 g/mol. The van der Waals surface area contributed by atoms with Crippen LogP contribution in [0.3, 0.4) is 0 Å². The molecule has 4 nitrogen and oxygen atoms in total. The molecule has 3 aromatic rings. The lowest BCUT2D eigenvalue weighted by molar-refractivity contribution is -0.136. The van der Waals surface area contributed by atoms with Crippen molar-refractivity contribution in [3.05, 3.63) is 50.4 Å². The number of carbonyl (C=O) groups is 1. The predicted molar refractivity (Wildman–Crippen MR) is 99.3 cm³/mol. The maximum absolute atomic E-state index is 11.4. The molecule has 2 aromatic carbocycles. The van der Waals surface area contributed by atoms with Crippen molar-refractivity contribution in [3.8, 4) is 17.0 Å². The van der Waals surface area contributed by atoms with E-state index in [1.807, 2.05) is 18.2 Å². The number of aliphatic carboxylic acids is 1. The Morgan fingerprint density at radius 3 is 2.71 bits per heavy atom. The van der Waals surface area contributed by atoms with Crippen molar-refractivity contribution < 1.29 is 14.6 Å². The SMILES string of the molecule is COc1ccc(Br)cc1-c1[nH]c2cc(Cl)cc(Cl)c2c1CC(=O)O. The molecule has 7 heteroatoms. The topological polar surface area (TPSA) is 62.3 Å². The third kappa shape index (κ3) is 3.11. The van der Waals surface area contributed by atoms with Gasteiger partial charge in [0.15, 0.2) is 0 Å². The molecule has 0 aliphatic carbocycles. The molecule has 1 aromatic heterocycles. The second kappa shape index (κ2) is 6.67. The van der Waals surface area contributed by atoms with Crippen molar-refractivity contribution >= 4 is 56.0 Å². The van der Waals surface area contributed by atoms with Crippen LogP contribution >= 0.6 is 39.1 Å². The molecule has 0 radical (unpaired) electrons. The number of rotatable bonds is 4. The number of ether oxygens (including phenoxy) is 1.